The molecule has 0 unspecified atom stereocenters. The van der Waals surface area contributed by atoms with E-state index in [-0.39, 0.29) is 22.6 Å². The van der Waals surface area contributed by atoms with E-state index in [9.17, 15) is 25.5 Å². The molecule has 1 aromatic carbocycles. The minimum absolute atomic E-state index is 0.0662. The molecule has 0 radical (unpaired) electrons. The maximum atomic E-state index is 10.4. The third-order valence-corrected chi connectivity index (χ3v) is 10.2. The minimum atomic E-state index is -1.26. The van der Waals surface area contributed by atoms with E-state index in [1.807, 2.05) is 17.0 Å². The molecule has 10 N–H and O–H groups in total. The first-order valence-electron chi connectivity index (χ1n) is 16.3. The zero-order valence-corrected chi connectivity index (χ0v) is 29.8. The Morgan fingerprint density at radius 3 is 1.68 bits per heavy atom. The van der Waals surface area contributed by atoms with E-state index >= 15 is 0 Å². The molecule has 0 spiro atoms. The molecule has 5 aromatic rings. The quantitative estimate of drug-likeness (QED) is 0.0989. The minimum Gasteiger partial charge on any atom is -0.394 e. The summed E-state index contributed by atoms with van der Waals surface area (Å²) in [5.74, 6) is 0.736. The van der Waals surface area contributed by atoms with Crippen LogP contribution in [-0.4, -0.2) is 146 Å². The van der Waals surface area contributed by atoms with Crippen LogP contribution >= 0.6 is 34.8 Å². The molecule has 0 bridgehead atoms. The number of nitrogens with zero attached hydrogens (tertiary/aromatic N) is 10. The summed E-state index contributed by atoms with van der Waals surface area (Å²) in [6.07, 6.45) is -5.85. The van der Waals surface area contributed by atoms with Gasteiger partial charge in [0.05, 0.1) is 35.9 Å². The second-order valence-corrected chi connectivity index (χ2v) is 13.6. The van der Waals surface area contributed by atoms with Gasteiger partial charge >= 0.3 is 0 Å². The normalized spacial score (nSPS) is 27.5. The zero-order valence-electron chi connectivity index (χ0n) is 27.5. The number of fused-ring (bicyclic) bond motifs is 2. The number of nitrogen functional groups attached to an aromatic ring is 2. The molecule has 3 saturated heterocycles. The largest absolute Gasteiger partial charge is 0.394 e. The van der Waals surface area contributed by atoms with Gasteiger partial charge in [-0.05, 0) is 29.8 Å². The number of hydrogen-bond donors (Lipinski definition) is 8. The van der Waals surface area contributed by atoms with Crippen molar-refractivity contribution in [1.29, 1.82) is 0 Å². The molecule has 8 atom stereocenters. The highest BCUT2D eigenvalue weighted by Gasteiger charge is 2.45. The lowest BCUT2D eigenvalue weighted by atomic mass is 10.1. The summed E-state index contributed by atoms with van der Waals surface area (Å²) >= 11 is 17.9. The summed E-state index contributed by atoms with van der Waals surface area (Å²) < 4.78 is 13.9. The fourth-order valence-corrected chi connectivity index (χ4v) is 6.88. The van der Waals surface area contributed by atoms with Crippen LogP contribution in [0, 0.1) is 0 Å². The van der Waals surface area contributed by atoms with Crippen LogP contribution in [0.4, 0.5) is 23.3 Å². The van der Waals surface area contributed by atoms with Crippen molar-refractivity contribution in [3.63, 3.8) is 0 Å². The summed E-state index contributed by atoms with van der Waals surface area (Å²) in [5.41, 5.74) is 14.2. The number of aliphatic hydroxyl groups is 6. The number of anilines is 4. The van der Waals surface area contributed by atoms with Gasteiger partial charge in [0.15, 0.2) is 35.4 Å². The van der Waals surface area contributed by atoms with Gasteiger partial charge < -0.3 is 61.4 Å². The van der Waals surface area contributed by atoms with Gasteiger partial charge in [-0.2, -0.15) is 19.9 Å². The molecular weight excluding hydrogens is 763 g/mol. The van der Waals surface area contributed by atoms with Crippen molar-refractivity contribution >= 4 is 80.4 Å². The molecule has 3 aliphatic heterocycles. The van der Waals surface area contributed by atoms with Gasteiger partial charge in [0.2, 0.25) is 11.2 Å². The third kappa shape index (κ3) is 6.96. The van der Waals surface area contributed by atoms with E-state index in [1.54, 1.807) is 6.07 Å². The smallest absolute Gasteiger partial charge is 0.229 e. The summed E-state index contributed by atoms with van der Waals surface area (Å²) in [5, 5.41) is 59.7. The maximum absolute atomic E-state index is 10.4. The molecule has 0 amide bonds. The summed E-state index contributed by atoms with van der Waals surface area (Å²) in [4.78, 5) is 29.3. The average Bonchev–Trinajstić information content (AvgIpc) is 3.91. The molecule has 4 aromatic heterocycles. The zero-order chi connectivity index (χ0) is 37.7. The molecule has 53 heavy (non-hydrogen) atoms. The van der Waals surface area contributed by atoms with Gasteiger partial charge in [-0.15, -0.1) is 0 Å². The van der Waals surface area contributed by atoms with Crippen molar-refractivity contribution in [2.24, 2.45) is 0 Å². The van der Waals surface area contributed by atoms with Gasteiger partial charge in [-0.1, -0.05) is 23.2 Å². The number of rotatable bonds is 6. The first-order chi connectivity index (χ1) is 25.4. The number of imidazole rings is 2. The average molecular weight is 798 g/mol. The molecule has 7 heterocycles. The highest BCUT2D eigenvalue weighted by molar-refractivity contribution is 6.42. The van der Waals surface area contributed by atoms with Crippen LogP contribution < -0.4 is 21.3 Å². The number of aliphatic hydroxyl groups excluding tert-OH is 6. The molecule has 0 saturated carbocycles. The van der Waals surface area contributed by atoms with Crippen LogP contribution in [0.25, 0.3) is 22.3 Å². The van der Waals surface area contributed by atoms with E-state index in [4.69, 9.17) is 60.9 Å². The SMILES string of the molecule is Nc1nc(Cl)nc2c1ncn2[C@@H]1O[C@H](CO)[C@@H](O)[C@H]1O.Nc1nc(N2CCN(c3ccc(Cl)c(Cl)c3)CC2)nc2c1ncn2[C@@H]1O[C@H](CO)[C@@H](O)[C@H]1O. The van der Waals surface area contributed by atoms with Crippen LogP contribution in [0.5, 0.6) is 0 Å². The van der Waals surface area contributed by atoms with Gasteiger partial charge in [-0.3, -0.25) is 9.13 Å². The lowest BCUT2D eigenvalue weighted by Gasteiger charge is -2.36. The van der Waals surface area contributed by atoms with Crippen molar-refractivity contribution in [2.75, 3.05) is 60.7 Å². The Kier molecular flexibility index (Phi) is 10.6. The first kappa shape index (κ1) is 37.4. The van der Waals surface area contributed by atoms with Gasteiger partial charge in [0.1, 0.15) is 47.7 Å². The van der Waals surface area contributed by atoms with Crippen LogP contribution in [0.3, 0.4) is 0 Å². The number of aromatic nitrogens is 8. The highest BCUT2D eigenvalue weighted by atomic mass is 35.5. The van der Waals surface area contributed by atoms with Crippen molar-refractivity contribution in [1.82, 2.24) is 39.0 Å². The Balaban J connectivity index is 0.000000186. The number of benzene rings is 1. The number of ether oxygens (including phenoxy) is 2. The monoisotopic (exact) mass is 796 g/mol. The standard InChI is InChI=1S/C20H23Cl2N7O4.C10H12ClN5O4/c21-11-2-1-10(7-12(11)22)27-3-5-28(6-4-27)20-25-17(23)14-18(26-20)29(9-24-14)19-16(32)15(31)13(8-30)33-19;11-10-14-7(12)4-8(15-10)16(2-13-4)9-6(19)5(18)3(1-17)20-9/h1-2,7,9,13,15-16,19,30-32H,3-6,8H2,(H2,23,25,26);2-3,5-6,9,17-19H,1H2,(H2,12,14,15)/t13-,15-,16-,19-;3-,5-,6-,9-/m11/s1. The molecule has 0 aliphatic carbocycles. The number of halogens is 3. The van der Waals surface area contributed by atoms with Gasteiger partial charge in [-0.25, -0.2) is 9.97 Å². The molecule has 8 rings (SSSR count). The molecule has 284 valence electrons. The Labute approximate surface area is 314 Å². The predicted octanol–water partition coefficient (Wildman–Crippen LogP) is -0.673. The van der Waals surface area contributed by atoms with E-state index in [0.29, 0.717) is 58.9 Å². The van der Waals surface area contributed by atoms with Gasteiger partial charge in [0, 0.05) is 31.9 Å². The van der Waals surface area contributed by atoms with Crippen LogP contribution in [0.15, 0.2) is 30.9 Å². The topological polar surface area (TPSA) is 286 Å². The predicted molar refractivity (Wildman–Crippen MR) is 191 cm³/mol. The molecule has 3 fully saturated rings. The van der Waals surface area contributed by atoms with E-state index in [1.165, 1.54) is 21.8 Å². The summed E-state index contributed by atoms with van der Waals surface area (Å²) in [7, 11) is 0. The number of piperazine rings is 1. The van der Waals surface area contributed by atoms with Crippen LogP contribution in [0.1, 0.15) is 12.5 Å². The first-order valence-corrected chi connectivity index (χ1v) is 17.4. The summed E-state index contributed by atoms with van der Waals surface area (Å²) in [6.45, 7) is 1.88. The second-order valence-electron chi connectivity index (χ2n) is 12.5. The Hall–Kier alpha value is -3.93. The maximum Gasteiger partial charge on any atom is 0.229 e. The van der Waals surface area contributed by atoms with Crippen molar-refractivity contribution in [2.45, 2.75) is 49.1 Å². The fourth-order valence-electron chi connectivity index (χ4n) is 6.42. The lowest BCUT2D eigenvalue weighted by Crippen LogP contribution is -2.47. The van der Waals surface area contributed by atoms with Crippen molar-refractivity contribution in [3.05, 3.63) is 46.2 Å². The Bertz CT molecular complexity index is 2100. The van der Waals surface area contributed by atoms with E-state index in [2.05, 4.69) is 34.8 Å². The van der Waals surface area contributed by atoms with Crippen LogP contribution in [-0.2, 0) is 9.47 Å². The highest BCUT2D eigenvalue weighted by Crippen LogP contribution is 2.34. The van der Waals surface area contributed by atoms with Crippen molar-refractivity contribution < 1.29 is 40.1 Å². The summed E-state index contributed by atoms with van der Waals surface area (Å²) in [6, 6.07) is 5.56. The Morgan fingerprint density at radius 1 is 0.660 bits per heavy atom. The van der Waals surface area contributed by atoms with Crippen LogP contribution in [0.2, 0.25) is 15.3 Å². The number of nitrogens with two attached hydrogens (primary N) is 2. The number of hydrogen-bond acceptors (Lipinski definition) is 18. The third-order valence-electron chi connectivity index (χ3n) is 9.27. The van der Waals surface area contributed by atoms with Gasteiger partial charge in [0.25, 0.3) is 0 Å². The second kappa shape index (κ2) is 15.1. The van der Waals surface area contributed by atoms with E-state index < -0.39 is 62.3 Å². The molecule has 3 aliphatic rings. The van der Waals surface area contributed by atoms with Crippen molar-refractivity contribution in [3.8, 4) is 0 Å². The molecular formula is C30H35Cl3N12O8. The molecule has 20 nitrogen and oxygen atoms in total. The van der Waals surface area contributed by atoms with E-state index in [0.717, 1.165) is 5.69 Å². The lowest BCUT2D eigenvalue weighted by molar-refractivity contribution is -0.0511. The fraction of sp³-hybridized carbons (Fsp3) is 0.467. The molecule has 23 heteroatoms. The Morgan fingerprint density at radius 2 is 1.17 bits per heavy atom.